The molecule has 0 rings (SSSR count). The van der Waals surface area contributed by atoms with E-state index in [2.05, 4.69) is 6.92 Å². The predicted octanol–water partition coefficient (Wildman–Crippen LogP) is 1.67. The zero-order valence-electron chi connectivity index (χ0n) is 8.22. The fourth-order valence-corrected chi connectivity index (χ4v) is 0.487. The van der Waals surface area contributed by atoms with Crippen LogP contribution in [-0.4, -0.2) is 26.0 Å². The molecule has 0 aromatic rings. The van der Waals surface area contributed by atoms with Gasteiger partial charge in [-0.15, -0.1) is 0 Å². The predicted molar refractivity (Wildman–Crippen MR) is 53.9 cm³/mol. The van der Waals surface area contributed by atoms with Crippen molar-refractivity contribution in [2.24, 2.45) is 0 Å². The largest absolute Gasteiger partial charge is 0.512 e. The number of allylic oxidation sites excluding steroid dienone is 2. The minimum absolute atomic E-state index is 0.265. The Morgan fingerprint density at radius 3 is 1.75 bits per heavy atom. The van der Waals surface area contributed by atoms with Crippen LogP contribution < -0.4 is 0 Å². The second-order valence-electron chi connectivity index (χ2n) is 2.72. The van der Waals surface area contributed by atoms with Crippen LogP contribution in [0.4, 0.5) is 4.79 Å². The van der Waals surface area contributed by atoms with Gasteiger partial charge in [0.1, 0.15) is 10.2 Å². The van der Waals surface area contributed by atoms with E-state index in [1.54, 1.807) is 0 Å². The van der Waals surface area contributed by atoms with Crippen molar-refractivity contribution in [2.45, 2.75) is 33.6 Å². The molecule has 0 radical (unpaired) electrons. The van der Waals surface area contributed by atoms with Crippen molar-refractivity contribution in [1.29, 1.82) is 0 Å². The van der Waals surface area contributed by atoms with Gasteiger partial charge in [-0.1, -0.05) is 6.92 Å². The molecular weight excluding hydrogens is 172 g/mol. The van der Waals surface area contributed by atoms with Crippen molar-refractivity contribution in [1.82, 2.24) is 0 Å². The van der Waals surface area contributed by atoms with Gasteiger partial charge in [0.2, 0.25) is 0 Å². The summed E-state index contributed by atoms with van der Waals surface area (Å²) in [6.45, 7) is 5.90. The third-order valence-corrected chi connectivity index (χ3v) is 1.06. The number of aliphatic hydroxyl groups is 1. The molecule has 0 amide bonds. The summed E-state index contributed by atoms with van der Waals surface area (Å²) in [5.74, 6) is 0.549. The van der Waals surface area contributed by atoms with Crippen LogP contribution >= 0.6 is 0 Å². The second-order valence-corrected chi connectivity index (χ2v) is 3.57. The SMILES string of the molecule is CCCC(O)=C(C)C.O=C(O)[SiH3]. The smallest absolute Gasteiger partial charge is 0.257 e. The monoisotopic (exact) mass is 190 g/mol. The molecule has 0 aliphatic heterocycles. The quantitative estimate of drug-likeness (QED) is 0.514. The fourth-order valence-electron chi connectivity index (χ4n) is 0.487. The van der Waals surface area contributed by atoms with E-state index in [0.717, 1.165) is 18.4 Å². The van der Waals surface area contributed by atoms with Crippen molar-refractivity contribution in [3.63, 3.8) is 0 Å². The zero-order valence-corrected chi connectivity index (χ0v) is 10.2. The van der Waals surface area contributed by atoms with Gasteiger partial charge < -0.3 is 10.2 Å². The van der Waals surface area contributed by atoms with Crippen LogP contribution in [0.1, 0.15) is 33.6 Å². The van der Waals surface area contributed by atoms with Crippen molar-refractivity contribution in [3.8, 4) is 0 Å². The van der Waals surface area contributed by atoms with Crippen LogP contribution in [0.2, 0.25) is 0 Å². The van der Waals surface area contributed by atoms with Crippen molar-refractivity contribution < 1.29 is 15.0 Å². The van der Waals surface area contributed by atoms with Crippen LogP contribution in [0.5, 0.6) is 0 Å². The molecule has 0 saturated carbocycles. The Morgan fingerprint density at radius 2 is 1.67 bits per heavy atom. The summed E-state index contributed by atoms with van der Waals surface area (Å²) in [7, 11) is 0.265. The highest BCUT2D eigenvalue weighted by Gasteiger charge is 1.90. The van der Waals surface area contributed by atoms with Crippen LogP contribution in [0.3, 0.4) is 0 Å². The number of carbonyl (C=O) groups is 1. The summed E-state index contributed by atoms with van der Waals surface area (Å²) in [6, 6.07) is 0. The molecule has 0 atom stereocenters. The van der Waals surface area contributed by atoms with Crippen molar-refractivity contribution in [3.05, 3.63) is 11.3 Å². The maximum atomic E-state index is 9.06. The van der Waals surface area contributed by atoms with Gasteiger partial charge in [0, 0.05) is 6.42 Å². The lowest BCUT2D eigenvalue weighted by molar-refractivity contribution is 0.220. The van der Waals surface area contributed by atoms with Crippen molar-refractivity contribution >= 4 is 15.8 Å². The van der Waals surface area contributed by atoms with Gasteiger partial charge in [0.05, 0.1) is 5.76 Å². The molecule has 0 saturated heterocycles. The molecule has 0 bridgehead atoms. The highest BCUT2D eigenvalue weighted by molar-refractivity contribution is 6.54. The Bertz CT molecular complexity index is 156. The number of hydrogen-bond donors (Lipinski definition) is 2. The molecule has 2 N–H and O–H groups in total. The third kappa shape index (κ3) is 16.1. The molecule has 0 aromatic heterocycles. The molecule has 0 aliphatic carbocycles. The van der Waals surface area contributed by atoms with E-state index in [1.165, 1.54) is 0 Å². The summed E-state index contributed by atoms with van der Waals surface area (Å²) >= 11 is 0. The highest BCUT2D eigenvalue weighted by Crippen LogP contribution is 2.05. The molecule has 3 nitrogen and oxygen atoms in total. The van der Waals surface area contributed by atoms with Gasteiger partial charge in [-0.3, -0.25) is 4.79 Å². The second kappa shape index (κ2) is 8.32. The molecule has 0 aliphatic rings. The highest BCUT2D eigenvalue weighted by atomic mass is 28.1. The average molecular weight is 190 g/mol. The molecule has 0 unspecified atom stereocenters. The molecule has 4 heteroatoms. The molecule has 0 fully saturated rings. The van der Waals surface area contributed by atoms with Crippen molar-refractivity contribution in [2.75, 3.05) is 0 Å². The van der Waals surface area contributed by atoms with E-state index in [9.17, 15) is 0 Å². The first-order valence-electron chi connectivity index (χ1n) is 3.96. The average Bonchev–Trinajstić information content (AvgIpc) is 1.86. The van der Waals surface area contributed by atoms with E-state index in [1.807, 2.05) is 13.8 Å². The topological polar surface area (TPSA) is 57.5 Å². The normalized spacial score (nSPS) is 8.25. The number of hydrogen-bond acceptors (Lipinski definition) is 2. The Kier molecular flexibility index (Phi) is 9.57. The van der Waals surface area contributed by atoms with E-state index in [-0.39, 0.29) is 10.2 Å². The zero-order chi connectivity index (χ0) is 10.1. The first-order chi connectivity index (χ1) is 5.41. The van der Waals surface area contributed by atoms with Crippen LogP contribution in [-0.2, 0) is 0 Å². The van der Waals surface area contributed by atoms with E-state index < -0.39 is 5.59 Å². The summed E-state index contributed by atoms with van der Waals surface area (Å²) in [4.78, 5) is 9.06. The minimum Gasteiger partial charge on any atom is -0.512 e. The van der Waals surface area contributed by atoms with Gasteiger partial charge in [-0.25, -0.2) is 0 Å². The molecule has 12 heavy (non-hydrogen) atoms. The number of rotatable bonds is 2. The van der Waals surface area contributed by atoms with Gasteiger partial charge in [-0.2, -0.15) is 0 Å². The number of carboxylic acid groups (broad SMARTS) is 1. The Labute approximate surface area is 76.5 Å². The molecule has 0 spiro atoms. The van der Waals surface area contributed by atoms with Gasteiger partial charge in [0.15, 0.2) is 0 Å². The standard InChI is InChI=1S/C7H14O.CH4O2Si/c1-4-5-7(8)6(2)3;2-1(3)4/h8H,4-5H2,1-3H3;4H3,(H,2,3). The maximum Gasteiger partial charge on any atom is 0.257 e. The first-order valence-corrected chi connectivity index (χ1v) is 4.96. The lowest BCUT2D eigenvalue weighted by Crippen LogP contribution is -1.83. The lowest BCUT2D eigenvalue weighted by Gasteiger charge is -1.96. The first kappa shape index (κ1) is 13.8. The Balaban J connectivity index is 0. The molecular formula is C8H18O3Si. The Morgan fingerprint density at radius 1 is 1.33 bits per heavy atom. The summed E-state index contributed by atoms with van der Waals surface area (Å²) in [5.41, 5.74) is 0.340. The number of aliphatic hydroxyl groups excluding tert-OH is 1. The lowest BCUT2D eigenvalue weighted by atomic mass is 10.2. The van der Waals surface area contributed by atoms with Crippen LogP contribution in [0, 0.1) is 0 Å². The summed E-state index contributed by atoms with van der Waals surface area (Å²) in [5, 5.41) is 16.5. The summed E-state index contributed by atoms with van der Waals surface area (Å²) < 4.78 is 0. The maximum absolute atomic E-state index is 9.06. The molecule has 0 heterocycles. The fraction of sp³-hybridized carbons (Fsp3) is 0.625. The van der Waals surface area contributed by atoms with Crippen LogP contribution in [0.15, 0.2) is 11.3 Å². The Hall–Kier alpha value is -0.773. The van der Waals surface area contributed by atoms with E-state index in [0.29, 0.717) is 5.76 Å². The summed E-state index contributed by atoms with van der Waals surface area (Å²) in [6.07, 6.45) is 1.85. The van der Waals surface area contributed by atoms with E-state index in [4.69, 9.17) is 15.0 Å². The van der Waals surface area contributed by atoms with E-state index >= 15 is 0 Å². The molecule has 0 aromatic carbocycles. The third-order valence-electron chi connectivity index (χ3n) is 1.06. The van der Waals surface area contributed by atoms with Gasteiger partial charge >= 0.3 is 0 Å². The van der Waals surface area contributed by atoms with Crippen LogP contribution in [0.25, 0.3) is 0 Å². The van der Waals surface area contributed by atoms with Gasteiger partial charge in [-0.05, 0) is 25.8 Å². The molecule has 72 valence electrons. The van der Waals surface area contributed by atoms with Gasteiger partial charge in [0.25, 0.3) is 5.59 Å². The minimum atomic E-state index is -0.694.